The Morgan fingerprint density at radius 2 is 1.95 bits per heavy atom. The molecule has 2 N–H and O–H groups in total. The molecule has 0 atom stereocenters. The van der Waals surface area contributed by atoms with E-state index in [1.807, 2.05) is 24.3 Å². The first-order chi connectivity index (χ1) is 10.7. The van der Waals surface area contributed by atoms with E-state index in [4.69, 9.17) is 0 Å². The number of nitrogens with one attached hydrogen (secondary N) is 1. The van der Waals surface area contributed by atoms with Crippen LogP contribution in [0.3, 0.4) is 0 Å². The predicted octanol–water partition coefficient (Wildman–Crippen LogP) is 3.90. The van der Waals surface area contributed by atoms with Gasteiger partial charge in [-0.2, -0.15) is 4.73 Å². The van der Waals surface area contributed by atoms with Crippen LogP contribution in [-0.4, -0.2) is 22.4 Å². The van der Waals surface area contributed by atoms with Crippen LogP contribution < -0.4 is 5.32 Å². The number of para-hydroxylation sites is 1. The molecule has 0 unspecified atom stereocenters. The van der Waals surface area contributed by atoms with Gasteiger partial charge in [0, 0.05) is 24.5 Å². The number of fused-ring (bicyclic) bond motifs is 1. The van der Waals surface area contributed by atoms with Crippen LogP contribution in [0.5, 0.6) is 0 Å². The number of hydrogen-bond acceptors (Lipinski definition) is 2. The maximum Gasteiger partial charge on any atom is 0.220 e. The predicted molar refractivity (Wildman–Crippen MR) is 89.2 cm³/mol. The van der Waals surface area contributed by atoms with Crippen LogP contribution in [0.1, 0.15) is 51.0 Å². The lowest BCUT2D eigenvalue weighted by Gasteiger charge is -2.05. The van der Waals surface area contributed by atoms with Gasteiger partial charge >= 0.3 is 0 Å². The van der Waals surface area contributed by atoms with E-state index >= 15 is 0 Å². The molecule has 0 radical (unpaired) electrons. The molecule has 0 aliphatic heterocycles. The normalized spacial score (nSPS) is 11.0. The summed E-state index contributed by atoms with van der Waals surface area (Å²) in [7, 11) is 0. The third kappa shape index (κ3) is 4.52. The van der Waals surface area contributed by atoms with Gasteiger partial charge < -0.3 is 10.5 Å². The monoisotopic (exact) mass is 302 g/mol. The van der Waals surface area contributed by atoms with Crippen LogP contribution in [0.4, 0.5) is 0 Å². The number of carbonyl (C=O) groups is 1. The Morgan fingerprint density at radius 1 is 1.18 bits per heavy atom. The average molecular weight is 302 g/mol. The van der Waals surface area contributed by atoms with Gasteiger partial charge in [0.05, 0.1) is 5.52 Å². The summed E-state index contributed by atoms with van der Waals surface area (Å²) in [5, 5.41) is 13.8. The van der Waals surface area contributed by atoms with Gasteiger partial charge in [0.2, 0.25) is 5.91 Å². The van der Waals surface area contributed by atoms with Crippen molar-refractivity contribution in [2.75, 3.05) is 6.54 Å². The lowest BCUT2D eigenvalue weighted by molar-refractivity contribution is -0.121. The molecule has 22 heavy (non-hydrogen) atoms. The Labute approximate surface area is 132 Å². The van der Waals surface area contributed by atoms with Crippen molar-refractivity contribution in [3.63, 3.8) is 0 Å². The molecule has 0 aliphatic carbocycles. The Hall–Kier alpha value is -1.97. The quantitative estimate of drug-likeness (QED) is 0.545. The summed E-state index contributed by atoms with van der Waals surface area (Å²) in [6, 6.07) is 7.74. The summed E-state index contributed by atoms with van der Waals surface area (Å²) in [6.45, 7) is 2.80. The van der Waals surface area contributed by atoms with E-state index in [1.165, 1.54) is 19.3 Å². The number of benzene rings is 1. The molecule has 1 heterocycles. The zero-order valence-corrected chi connectivity index (χ0v) is 13.3. The van der Waals surface area contributed by atoms with Gasteiger partial charge in [0.25, 0.3) is 0 Å². The van der Waals surface area contributed by atoms with Crippen molar-refractivity contribution in [1.29, 1.82) is 0 Å². The van der Waals surface area contributed by atoms with E-state index in [0.717, 1.165) is 40.5 Å². The van der Waals surface area contributed by atoms with Crippen molar-refractivity contribution in [1.82, 2.24) is 10.0 Å². The lowest BCUT2D eigenvalue weighted by atomic mass is 10.1. The van der Waals surface area contributed by atoms with Crippen molar-refractivity contribution in [3.05, 3.63) is 36.0 Å². The molecule has 1 aromatic heterocycles. The van der Waals surface area contributed by atoms with Crippen LogP contribution in [0.2, 0.25) is 0 Å². The van der Waals surface area contributed by atoms with Crippen molar-refractivity contribution in [2.24, 2.45) is 0 Å². The van der Waals surface area contributed by atoms with E-state index in [2.05, 4.69) is 12.2 Å². The van der Waals surface area contributed by atoms with Crippen LogP contribution >= 0.6 is 0 Å². The molecule has 0 saturated heterocycles. The van der Waals surface area contributed by atoms with Gasteiger partial charge in [-0.3, -0.25) is 4.79 Å². The molecule has 0 spiro atoms. The molecule has 2 rings (SSSR count). The van der Waals surface area contributed by atoms with Crippen LogP contribution in [0.25, 0.3) is 10.9 Å². The van der Waals surface area contributed by atoms with E-state index < -0.39 is 0 Å². The first-order valence-electron chi connectivity index (χ1n) is 8.27. The largest absolute Gasteiger partial charge is 0.428 e. The minimum absolute atomic E-state index is 0.129. The Balaban J connectivity index is 1.72. The maximum atomic E-state index is 11.8. The summed E-state index contributed by atoms with van der Waals surface area (Å²) >= 11 is 0. The van der Waals surface area contributed by atoms with E-state index in [9.17, 15) is 10.0 Å². The van der Waals surface area contributed by atoms with Gasteiger partial charge in [0.15, 0.2) is 0 Å². The SMILES string of the molecule is CCCCCCCC(=O)NCCc1cn(O)c2ccccc12. The average Bonchev–Trinajstić information content (AvgIpc) is 2.84. The maximum absolute atomic E-state index is 11.8. The first kappa shape index (κ1) is 16.4. The van der Waals surface area contributed by atoms with Crippen molar-refractivity contribution in [3.8, 4) is 0 Å². The topological polar surface area (TPSA) is 54.3 Å². The fourth-order valence-electron chi connectivity index (χ4n) is 2.74. The smallest absolute Gasteiger partial charge is 0.220 e. The standard InChI is InChI=1S/C18H26N2O2/c1-2-3-4-5-6-11-18(21)19-13-12-15-14-20(22)17-10-8-7-9-16(15)17/h7-10,14,22H,2-6,11-13H2,1H3,(H,19,21). The highest BCUT2D eigenvalue weighted by molar-refractivity contribution is 5.83. The molecule has 2 aromatic rings. The van der Waals surface area contributed by atoms with Crippen LogP contribution in [0, 0.1) is 0 Å². The number of rotatable bonds is 9. The Bertz CT molecular complexity index is 604. The minimum Gasteiger partial charge on any atom is -0.428 e. The minimum atomic E-state index is 0.129. The van der Waals surface area contributed by atoms with Gasteiger partial charge in [-0.05, 0) is 24.5 Å². The lowest BCUT2D eigenvalue weighted by Crippen LogP contribution is -2.25. The summed E-state index contributed by atoms with van der Waals surface area (Å²) < 4.78 is 1.15. The highest BCUT2D eigenvalue weighted by atomic mass is 16.5. The number of amides is 1. The highest BCUT2D eigenvalue weighted by Gasteiger charge is 2.07. The Kier molecular flexibility index (Phi) is 6.31. The number of aromatic nitrogens is 1. The summed E-state index contributed by atoms with van der Waals surface area (Å²) in [4.78, 5) is 11.8. The van der Waals surface area contributed by atoms with Crippen molar-refractivity contribution >= 4 is 16.8 Å². The highest BCUT2D eigenvalue weighted by Crippen LogP contribution is 2.20. The number of hydrogen-bond donors (Lipinski definition) is 2. The zero-order chi connectivity index (χ0) is 15.8. The fourth-order valence-corrected chi connectivity index (χ4v) is 2.74. The van der Waals surface area contributed by atoms with E-state index in [1.54, 1.807) is 6.20 Å². The third-order valence-corrected chi connectivity index (χ3v) is 4.00. The van der Waals surface area contributed by atoms with Gasteiger partial charge in [0.1, 0.15) is 0 Å². The molecule has 0 aliphatic rings. The summed E-state index contributed by atoms with van der Waals surface area (Å²) in [5.74, 6) is 0.129. The van der Waals surface area contributed by atoms with Crippen molar-refractivity contribution < 1.29 is 10.0 Å². The molecule has 0 fully saturated rings. The van der Waals surface area contributed by atoms with E-state index in [-0.39, 0.29) is 5.91 Å². The molecule has 4 heteroatoms. The summed E-state index contributed by atoms with van der Waals surface area (Å²) in [5.41, 5.74) is 1.86. The Morgan fingerprint density at radius 3 is 2.77 bits per heavy atom. The van der Waals surface area contributed by atoms with Gasteiger partial charge in [-0.15, -0.1) is 0 Å². The number of unbranched alkanes of at least 4 members (excludes halogenated alkanes) is 4. The molecule has 1 aromatic carbocycles. The fraction of sp³-hybridized carbons (Fsp3) is 0.500. The second-order valence-electron chi connectivity index (χ2n) is 5.78. The van der Waals surface area contributed by atoms with Gasteiger partial charge in [-0.25, -0.2) is 0 Å². The molecule has 0 bridgehead atoms. The molecule has 1 amide bonds. The van der Waals surface area contributed by atoms with Crippen LogP contribution in [-0.2, 0) is 11.2 Å². The molecular formula is C18H26N2O2. The second-order valence-corrected chi connectivity index (χ2v) is 5.78. The molecule has 120 valence electrons. The zero-order valence-electron chi connectivity index (χ0n) is 13.3. The van der Waals surface area contributed by atoms with Crippen molar-refractivity contribution in [2.45, 2.75) is 51.9 Å². The van der Waals surface area contributed by atoms with Gasteiger partial charge in [-0.1, -0.05) is 50.8 Å². The molecule has 0 saturated carbocycles. The first-order valence-corrected chi connectivity index (χ1v) is 8.27. The van der Waals surface area contributed by atoms with Crippen LogP contribution in [0.15, 0.2) is 30.5 Å². The molecular weight excluding hydrogens is 276 g/mol. The number of nitrogens with zero attached hydrogens (tertiary/aromatic N) is 1. The third-order valence-electron chi connectivity index (χ3n) is 4.00. The second kappa shape index (κ2) is 8.47. The molecule has 4 nitrogen and oxygen atoms in total. The van der Waals surface area contributed by atoms with E-state index in [0.29, 0.717) is 13.0 Å². The number of carbonyl (C=O) groups excluding carboxylic acids is 1. The summed E-state index contributed by atoms with van der Waals surface area (Å²) in [6.07, 6.45) is 8.89.